The molecule has 1 saturated carbocycles. The van der Waals surface area contributed by atoms with E-state index in [1.54, 1.807) is 0 Å². The van der Waals surface area contributed by atoms with Gasteiger partial charge in [0.05, 0.1) is 0 Å². The Morgan fingerprint density at radius 3 is 2.74 bits per heavy atom. The lowest BCUT2D eigenvalue weighted by Crippen LogP contribution is -2.16. The Labute approximate surface area is 123 Å². The lowest BCUT2D eigenvalue weighted by molar-refractivity contribution is 0.537. The first kappa shape index (κ1) is 13.2. The fourth-order valence-corrected chi connectivity index (χ4v) is 4.03. The van der Waals surface area contributed by atoms with Crippen molar-refractivity contribution >= 4 is 22.9 Å². The maximum atomic E-state index is 6.12. The topological polar surface area (TPSA) is 12.0 Å². The maximum Gasteiger partial charge on any atom is 0.0441 e. The van der Waals surface area contributed by atoms with Crippen LogP contribution in [0.1, 0.15) is 29.3 Å². The molecule has 0 radical (unpaired) electrons. The van der Waals surface area contributed by atoms with Crippen LogP contribution in [0, 0.1) is 12.8 Å². The first-order chi connectivity index (χ1) is 9.19. The van der Waals surface area contributed by atoms with Crippen molar-refractivity contribution in [2.75, 3.05) is 7.05 Å². The van der Waals surface area contributed by atoms with E-state index < -0.39 is 0 Å². The van der Waals surface area contributed by atoms with Crippen molar-refractivity contribution in [1.29, 1.82) is 0 Å². The highest BCUT2D eigenvalue weighted by atomic mass is 35.5. The Kier molecular flexibility index (Phi) is 3.66. The predicted molar refractivity (Wildman–Crippen MR) is 84.0 cm³/mol. The second-order valence-corrected chi connectivity index (χ2v) is 6.82. The van der Waals surface area contributed by atoms with Crippen molar-refractivity contribution in [3.05, 3.63) is 45.8 Å². The molecule has 0 aliphatic heterocycles. The largest absolute Gasteiger partial charge is 0.312 e. The van der Waals surface area contributed by atoms with Crippen LogP contribution in [0.2, 0.25) is 5.02 Å². The van der Waals surface area contributed by atoms with Crippen molar-refractivity contribution in [2.24, 2.45) is 5.92 Å². The highest BCUT2D eigenvalue weighted by molar-refractivity contribution is 7.15. The van der Waals surface area contributed by atoms with Crippen molar-refractivity contribution in [3.8, 4) is 10.4 Å². The number of aryl methyl sites for hydroxylation is 1. The molecule has 1 unspecified atom stereocenters. The SMILES string of the molecule is CNC(c1ccc(-c2cc(Cl)ccc2C)s1)C1CC1. The van der Waals surface area contributed by atoms with Gasteiger partial charge in [0.25, 0.3) is 0 Å². The summed E-state index contributed by atoms with van der Waals surface area (Å²) in [6.07, 6.45) is 2.71. The Morgan fingerprint density at radius 1 is 1.26 bits per heavy atom. The fourth-order valence-electron chi connectivity index (χ4n) is 2.56. The van der Waals surface area contributed by atoms with Crippen molar-refractivity contribution in [3.63, 3.8) is 0 Å². The zero-order valence-corrected chi connectivity index (χ0v) is 12.8. The van der Waals surface area contributed by atoms with Gasteiger partial charge in [-0.25, -0.2) is 0 Å². The van der Waals surface area contributed by atoms with E-state index >= 15 is 0 Å². The van der Waals surface area contributed by atoms with E-state index in [0.717, 1.165) is 10.9 Å². The van der Waals surface area contributed by atoms with Gasteiger partial charge in [-0.15, -0.1) is 11.3 Å². The Morgan fingerprint density at radius 2 is 2.05 bits per heavy atom. The summed E-state index contributed by atoms with van der Waals surface area (Å²) in [6, 6.07) is 11.1. The number of hydrogen-bond acceptors (Lipinski definition) is 2. The molecule has 100 valence electrons. The lowest BCUT2D eigenvalue weighted by atomic mass is 10.1. The first-order valence-corrected chi connectivity index (χ1v) is 7.92. The monoisotopic (exact) mass is 291 g/mol. The Hall–Kier alpha value is -0.830. The summed E-state index contributed by atoms with van der Waals surface area (Å²) in [5.74, 6) is 0.831. The third kappa shape index (κ3) is 2.71. The average Bonchev–Trinajstić information content (AvgIpc) is 3.11. The molecule has 3 heteroatoms. The smallest absolute Gasteiger partial charge is 0.0441 e. The zero-order chi connectivity index (χ0) is 13.4. The highest BCUT2D eigenvalue weighted by Gasteiger charge is 2.32. The minimum Gasteiger partial charge on any atom is -0.312 e. The molecule has 1 aliphatic rings. The third-order valence-electron chi connectivity index (χ3n) is 3.80. The first-order valence-electron chi connectivity index (χ1n) is 6.72. The number of hydrogen-bond donors (Lipinski definition) is 1. The Bertz CT molecular complexity index is 586. The standard InChI is InChI=1S/C16H18ClNS/c1-10-3-6-12(17)9-13(10)14-7-8-15(19-14)16(18-2)11-4-5-11/h3,6-9,11,16,18H,4-5H2,1-2H3. The van der Waals surface area contributed by atoms with Crippen LogP contribution in [0.5, 0.6) is 0 Å². The summed E-state index contributed by atoms with van der Waals surface area (Å²) in [4.78, 5) is 2.76. The van der Waals surface area contributed by atoms with Crippen LogP contribution in [-0.2, 0) is 0 Å². The molecule has 0 bridgehead atoms. The van der Waals surface area contributed by atoms with Crippen LogP contribution >= 0.6 is 22.9 Å². The molecule has 0 saturated heterocycles. The quantitative estimate of drug-likeness (QED) is 0.831. The average molecular weight is 292 g/mol. The van der Waals surface area contributed by atoms with Gasteiger partial charge in [0.2, 0.25) is 0 Å². The maximum absolute atomic E-state index is 6.12. The van der Waals surface area contributed by atoms with Crippen molar-refractivity contribution in [2.45, 2.75) is 25.8 Å². The van der Waals surface area contributed by atoms with Crippen molar-refractivity contribution < 1.29 is 0 Å². The van der Waals surface area contributed by atoms with Crippen molar-refractivity contribution in [1.82, 2.24) is 5.32 Å². The van der Waals surface area contributed by atoms with Gasteiger partial charge in [-0.05, 0) is 68.1 Å². The van der Waals surface area contributed by atoms with Gasteiger partial charge in [0.1, 0.15) is 0 Å². The van der Waals surface area contributed by atoms with Crippen LogP contribution in [0.4, 0.5) is 0 Å². The van der Waals surface area contributed by atoms with Crippen LogP contribution in [0.25, 0.3) is 10.4 Å². The number of benzene rings is 1. The van der Waals surface area contributed by atoms with E-state index in [1.165, 1.54) is 33.7 Å². The van der Waals surface area contributed by atoms with Gasteiger partial charge < -0.3 is 5.32 Å². The highest BCUT2D eigenvalue weighted by Crippen LogP contribution is 2.44. The normalized spacial score (nSPS) is 16.6. The molecule has 0 spiro atoms. The molecule has 1 N–H and O–H groups in total. The molecule has 2 aromatic rings. The van der Waals surface area contributed by atoms with Crippen LogP contribution in [-0.4, -0.2) is 7.05 Å². The molecule has 3 rings (SSSR count). The molecule has 1 aliphatic carbocycles. The predicted octanol–water partition coefficient (Wildman–Crippen LogP) is 5.05. The summed E-state index contributed by atoms with van der Waals surface area (Å²) in [5.41, 5.74) is 2.54. The molecule has 0 amide bonds. The zero-order valence-electron chi connectivity index (χ0n) is 11.2. The minimum absolute atomic E-state index is 0.526. The minimum atomic E-state index is 0.526. The molecular formula is C16H18ClNS. The fraction of sp³-hybridized carbons (Fsp3) is 0.375. The summed E-state index contributed by atoms with van der Waals surface area (Å²) in [7, 11) is 2.06. The molecule has 1 nitrogen and oxygen atoms in total. The second-order valence-electron chi connectivity index (χ2n) is 5.27. The van der Waals surface area contributed by atoms with Gasteiger partial charge in [-0.2, -0.15) is 0 Å². The van der Waals surface area contributed by atoms with Gasteiger partial charge in [-0.1, -0.05) is 17.7 Å². The van der Waals surface area contributed by atoms with Crippen LogP contribution < -0.4 is 5.32 Å². The molecular weight excluding hydrogens is 274 g/mol. The van der Waals surface area contributed by atoms with E-state index in [9.17, 15) is 0 Å². The number of rotatable bonds is 4. The molecule has 1 heterocycles. The van der Waals surface area contributed by atoms with E-state index in [1.807, 2.05) is 17.4 Å². The lowest BCUT2D eigenvalue weighted by Gasteiger charge is -2.12. The number of nitrogens with one attached hydrogen (secondary N) is 1. The van der Waals surface area contributed by atoms with E-state index in [2.05, 4.69) is 43.6 Å². The summed E-state index contributed by atoms with van der Waals surface area (Å²) in [5, 5.41) is 4.26. The third-order valence-corrected chi connectivity index (χ3v) is 5.24. The van der Waals surface area contributed by atoms with Crippen LogP contribution in [0.15, 0.2) is 30.3 Å². The number of halogens is 1. The van der Waals surface area contributed by atoms with Gasteiger partial charge in [0.15, 0.2) is 0 Å². The number of thiophene rings is 1. The molecule has 1 aromatic heterocycles. The van der Waals surface area contributed by atoms with E-state index in [4.69, 9.17) is 11.6 Å². The van der Waals surface area contributed by atoms with E-state index in [-0.39, 0.29) is 0 Å². The summed E-state index contributed by atoms with van der Waals surface area (Å²) in [6.45, 7) is 2.14. The summed E-state index contributed by atoms with van der Waals surface area (Å²) >= 11 is 8.00. The Balaban J connectivity index is 1.94. The summed E-state index contributed by atoms with van der Waals surface area (Å²) < 4.78 is 0. The van der Waals surface area contributed by atoms with Gasteiger partial charge in [0, 0.05) is 20.8 Å². The molecule has 1 atom stereocenters. The van der Waals surface area contributed by atoms with Gasteiger partial charge in [-0.3, -0.25) is 0 Å². The molecule has 1 aromatic carbocycles. The van der Waals surface area contributed by atoms with Crippen LogP contribution in [0.3, 0.4) is 0 Å². The molecule has 19 heavy (non-hydrogen) atoms. The van der Waals surface area contributed by atoms with Gasteiger partial charge >= 0.3 is 0 Å². The molecule has 1 fully saturated rings. The second kappa shape index (κ2) is 5.28. The van der Waals surface area contributed by atoms with E-state index in [0.29, 0.717) is 6.04 Å².